The molecule has 0 unspecified atom stereocenters. The summed E-state index contributed by atoms with van der Waals surface area (Å²) in [5.41, 5.74) is 5.79. The van der Waals surface area contributed by atoms with Crippen molar-refractivity contribution in [3.8, 4) is 0 Å². The van der Waals surface area contributed by atoms with Crippen molar-refractivity contribution in [2.45, 2.75) is 24.7 Å². The van der Waals surface area contributed by atoms with Crippen molar-refractivity contribution in [2.24, 2.45) is 0 Å². The number of likely N-dealkylation sites (tertiary alicyclic amines) is 1. The van der Waals surface area contributed by atoms with Gasteiger partial charge in [0.25, 0.3) is 0 Å². The molecule has 0 bridgehead atoms. The molecule has 0 aliphatic carbocycles. The predicted octanol–water partition coefficient (Wildman–Crippen LogP) is 1.43. The highest BCUT2D eigenvalue weighted by atomic mass is 32.2. The van der Waals surface area contributed by atoms with Crippen molar-refractivity contribution in [2.75, 3.05) is 39.0 Å². The number of rotatable bonds is 5. The summed E-state index contributed by atoms with van der Waals surface area (Å²) in [6, 6.07) is 2.46. The molecule has 1 aliphatic rings. The van der Waals surface area contributed by atoms with Crippen molar-refractivity contribution in [1.29, 1.82) is 0 Å². The summed E-state index contributed by atoms with van der Waals surface area (Å²) in [4.78, 5) is 2.18. The number of hydrogen-bond donors (Lipinski definition) is 1. The van der Waals surface area contributed by atoms with Crippen LogP contribution in [0.2, 0.25) is 0 Å². The monoisotopic (exact) mass is 315 g/mol. The first-order valence-corrected chi connectivity index (χ1v) is 8.50. The van der Waals surface area contributed by atoms with Crippen LogP contribution in [0.15, 0.2) is 17.0 Å². The highest BCUT2D eigenvalue weighted by Crippen LogP contribution is 2.24. The second kappa shape index (κ2) is 6.29. The lowest BCUT2D eigenvalue weighted by Crippen LogP contribution is -2.35. The summed E-state index contributed by atoms with van der Waals surface area (Å²) in [5.74, 6) is -0.596. The summed E-state index contributed by atoms with van der Waals surface area (Å²) in [7, 11) is -2.20. The largest absolute Gasteiger partial charge is 0.399 e. The topological polar surface area (TPSA) is 66.6 Å². The summed E-state index contributed by atoms with van der Waals surface area (Å²) < 4.78 is 40.1. The third-order valence-corrected chi connectivity index (χ3v) is 5.92. The number of anilines is 1. The molecule has 5 nitrogen and oxygen atoms in total. The van der Waals surface area contributed by atoms with Crippen LogP contribution >= 0.6 is 0 Å². The van der Waals surface area contributed by atoms with Crippen LogP contribution in [0, 0.1) is 12.7 Å². The average molecular weight is 315 g/mol. The molecular formula is C14H22FN3O2S. The number of nitrogen functional groups attached to an aromatic ring is 1. The maximum absolute atomic E-state index is 13.7. The SMILES string of the molecule is Cc1c(F)cc(N)cc1S(=O)(=O)N(C)CCN1CCCC1. The van der Waals surface area contributed by atoms with Gasteiger partial charge in [0.15, 0.2) is 0 Å². The van der Waals surface area contributed by atoms with Crippen molar-refractivity contribution in [3.05, 3.63) is 23.5 Å². The van der Waals surface area contributed by atoms with E-state index >= 15 is 0 Å². The molecule has 1 aliphatic heterocycles. The number of sulfonamides is 1. The normalized spacial score (nSPS) is 16.8. The van der Waals surface area contributed by atoms with Gasteiger partial charge in [0.05, 0.1) is 4.90 Å². The fraction of sp³-hybridized carbons (Fsp3) is 0.571. The van der Waals surface area contributed by atoms with Gasteiger partial charge < -0.3 is 10.6 Å². The highest BCUT2D eigenvalue weighted by molar-refractivity contribution is 7.89. The number of hydrogen-bond acceptors (Lipinski definition) is 4. The van der Waals surface area contributed by atoms with Crippen LogP contribution in [0.5, 0.6) is 0 Å². The predicted molar refractivity (Wildman–Crippen MR) is 81.0 cm³/mol. The first kappa shape index (κ1) is 16.2. The molecule has 0 atom stereocenters. The van der Waals surface area contributed by atoms with E-state index in [4.69, 9.17) is 5.73 Å². The zero-order chi connectivity index (χ0) is 15.6. The first-order valence-electron chi connectivity index (χ1n) is 7.06. The average Bonchev–Trinajstić information content (AvgIpc) is 2.93. The van der Waals surface area contributed by atoms with E-state index in [0.29, 0.717) is 13.1 Å². The Bertz CT molecular complexity index is 613. The Morgan fingerprint density at radius 2 is 1.95 bits per heavy atom. The number of nitrogens with two attached hydrogens (primary N) is 1. The van der Waals surface area contributed by atoms with Gasteiger partial charge in [-0.1, -0.05) is 0 Å². The third-order valence-electron chi connectivity index (χ3n) is 3.94. The van der Waals surface area contributed by atoms with Gasteiger partial charge in [0.1, 0.15) is 5.82 Å². The van der Waals surface area contributed by atoms with E-state index < -0.39 is 15.8 Å². The Labute approximate surface area is 125 Å². The van der Waals surface area contributed by atoms with E-state index in [-0.39, 0.29) is 16.1 Å². The number of nitrogens with zero attached hydrogens (tertiary/aromatic N) is 2. The van der Waals surface area contributed by atoms with E-state index in [1.165, 1.54) is 24.3 Å². The van der Waals surface area contributed by atoms with Crippen LogP contribution < -0.4 is 5.73 Å². The second-order valence-corrected chi connectivity index (χ2v) is 7.51. The fourth-order valence-electron chi connectivity index (χ4n) is 2.52. The van der Waals surface area contributed by atoms with E-state index in [0.717, 1.165) is 32.0 Å². The molecule has 1 aromatic rings. The van der Waals surface area contributed by atoms with Crippen molar-refractivity contribution in [3.63, 3.8) is 0 Å². The van der Waals surface area contributed by atoms with Gasteiger partial charge in [-0.3, -0.25) is 0 Å². The van der Waals surface area contributed by atoms with Gasteiger partial charge >= 0.3 is 0 Å². The molecule has 7 heteroatoms. The van der Waals surface area contributed by atoms with Gasteiger partial charge in [0.2, 0.25) is 10.0 Å². The van der Waals surface area contributed by atoms with Crippen LogP contribution in [0.25, 0.3) is 0 Å². The lowest BCUT2D eigenvalue weighted by molar-refractivity contribution is 0.310. The van der Waals surface area contributed by atoms with Gasteiger partial charge in [-0.25, -0.2) is 12.8 Å². The van der Waals surface area contributed by atoms with Gasteiger partial charge in [-0.2, -0.15) is 4.31 Å². The van der Waals surface area contributed by atoms with E-state index in [9.17, 15) is 12.8 Å². The molecule has 0 aromatic heterocycles. The molecule has 21 heavy (non-hydrogen) atoms. The molecular weight excluding hydrogens is 293 g/mol. The molecule has 0 radical (unpaired) electrons. The Morgan fingerprint density at radius 3 is 2.57 bits per heavy atom. The van der Waals surface area contributed by atoms with Crippen LogP contribution in [-0.2, 0) is 10.0 Å². The Kier molecular flexibility index (Phi) is 4.85. The zero-order valence-corrected chi connectivity index (χ0v) is 13.3. The molecule has 118 valence electrons. The van der Waals surface area contributed by atoms with E-state index in [1.807, 2.05) is 0 Å². The van der Waals surface area contributed by atoms with Gasteiger partial charge in [0, 0.05) is 31.4 Å². The van der Waals surface area contributed by atoms with Crippen molar-refractivity contribution in [1.82, 2.24) is 9.21 Å². The minimum absolute atomic E-state index is 0.0519. The highest BCUT2D eigenvalue weighted by Gasteiger charge is 2.25. The molecule has 0 spiro atoms. The molecule has 0 amide bonds. The molecule has 2 N–H and O–H groups in total. The van der Waals surface area contributed by atoms with Crippen LogP contribution in [0.3, 0.4) is 0 Å². The van der Waals surface area contributed by atoms with Crippen LogP contribution in [-0.4, -0.2) is 50.8 Å². The number of benzene rings is 1. The summed E-state index contributed by atoms with van der Waals surface area (Å²) in [6.07, 6.45) is 2.33. The molecule has 2 rings (SSSR count). The molecule has 1 fully saturated rings. The molecule has 1 heterocycles. The quantitative estimate of drug-likeness (QED) is 0.835. The Morgan fingerprint density at radius 1 is 1.33 bits per heavy atom. The van der Waals surface area contributed by atoms with Crippen molar-refractivity contribution < 1.29 is 12.8 Å². The smallest absolute Gasteiger partial charge is 0.243 e. The van der Waals surface area contributed by atoms with Crippen LogP contribution in [0.1, 0.15) is 18.4 Å². The number of likely N-dealkylation sites (N-methyl/N-ethyl adjacent to an activating group) is 1. The summed E-state index contributed by atoms with van der Waals surface area (Å²) >= 11 is 0. The molecule has 0 saturated carbocycles. The minimum atomic E-state index is -3.72. The first-order chi connectivity index (χ1) is 9.82. The summed E-state index contributed by atoms with van der Waals surface area (Å²) in [5, 5.41) is 0. The van der Waals surface area contributed by atoms with E-state index in [1.54, 1.807) is 0 Å². The fourth-order valence-corrected chi connectivity index (χ4v) is 3.95. The lowest BCUT2D eigenvalue weighted by Gasteiger charge is -2.22. The maximum Gasteiger partial charge on any atom is 0.243 e. The standard InChI is InChI=1S/C14H22FN3O2S/c1-11-13(15)9-12(16)10-14(11)21(19,20)17(2)7-8-18-5-3-4-6-18/h9-10H,3-8,16H2,1-2H3. The van der Waals surface area contributed by atoms with Gasteiger partial charge in [-0.05, 0) is 45.0 Å². The third kappa shape index (κ3) is 3.53. The van der Waals surface area contributed by atoms with Crippen LogP contribution in [0.4, 0.5) is 10.1 Å². The Balaban J connectivity index is 2.16. The van der Waals surface area contributed by atoms with Gasteiger partial charge in [-0.15, -0.1) is 0 Å². The van der Waals surface area contributed by atoms with Crippen molar-refractivity contribution >= 4 is 15.7 Å². The maximum atomic E-state index is 13.7. The summed E-state index contributed by atoms with van der Waals surface area (Å²) in [6.45, 7) is 4.56. The second-order valence-electron chi connectivity index (χ2n) is 5.50. The lowest BCUT2D eigenvalue weighted by atomic mass is 10.2. The molecule has 1 aromatic carbocycles. The molecule has 1 saturated heterocycles. The number of halogens is 1. The minimum Gasteiger partial charge on any atom is -0.399 e. The van der Waals surface area contributed by atoms with E-state index in [2.05, 4.69) is 4.90 Å². The zero-order valence-electron chi connectivity index (χ0n) is 12.5. The Hall–Kier alpha value is -1.18.